The highest BCUT2D eigenvalue weighted by molar-refractivity contribution is 7.14. The van der Waals surface area contributed by atoms with Crippen molar-refractivity contribution < 1.29 is 18.7 Å². The first-order chi connectivity index (χ1) is 13.4. The summed E-state index contributed by atoms with van der Waals surface area (Å²) >= 11 is 1.09. The number of benzene rings is 1. The third-order valence-corrected chi connectivity index (χ3v) is 3.89. The van der Waals surface area contributed by atoms with Gasteiger partial charge in [0.15, 0.2) is 23.3 Å². The highest BCUT2D eigenvalue weighted by Crippen LogP contribution is 2.17. The van der Waals surface area contributed by atoms with Crippen molar-refractivity contribution in [1.29, 1.82) is 0 Å². The fourth-order valence-corrected chi connectivity index (χ4v) is 2.73. The standard InChI is InChI=1S/C16H14FN7O3S/c1-8(25)19-16-21-11(7-28-16)13(26)27-6-12-22-14(18)24-15(23-12)20-10-4-2-9(17)3-5-10/h2-5,7H,6H2,1H3,(H,19,21,25)(H3,18,20,22,23,24). The Kier molecular flexibility index (Phi) is 5.69. The average molecular weight is 403 g/mol. The molecule has 0 bridgehead atoms. The van der Waals surface area contributed by atoms with E-state index in [0.717, 1.165) is 11.3 Å². The second-order valence-corrected chi connectivity index (χ2v) is 6.22. The molecule has 0 fully saturated rings. The molecule has 3 aromatic rings. The largest absolute Gasteiger partial charge is 0.453 e. The third kappa shape index (κ3) is 5.17. The Morgan fingerprint density at radius 2 is 1.93 bits per heavy atom. The topological polar surface area (TPSA) is 145 Å². The minimum absolute atomic E-state index is 0.0421. The van der Waals surface area contributed by atoms with Gasteiger partial charge >= 0.3 is 5.97 Å². The van der Waals surface area contributed by atoms with Crippen LogP contribution >= 0.6 is 11.3 Å². The molecule has 4 N–H and O–H groups in total. The number of amides is 1. The Morgan fingerprint density at radius 3 is 2.64 bits per heavy atom. The number of carbonyl (C=O) groups excluding carboxylic acids is 2. The van der Waals surface area contributed by atoms with Gasteiger partial charge in [0.25, 0.3) is 0 Å². The van der Waals surface area contributed by atoms with Crippen molar-refractivity contribution in [3.63, 3.8) is 0 Å². The van der Waals surface area contributed by atoms with Crippen molar-refractivity contribution in [3.05, 3.63) is 47.0 Å². The molecule has 0 saturated carbocycles. The van der Waals surface area contributed by atoms with E-state index in [1.807, 2.05) is 0 Å². The number of esters is 1. The van der Waals surface area contributed by atoms with Crippen LogP contribution in [0.1, 0.15) is 23.2 Å². The highest BCUT2D eigenvalue weighted by atomic mass is 32.1. The zero-order valence-corrected chi connectivity index (χ0v) is 15.3. The summed E-state index contributed by atoms with van der Waals surface area (Å²) in [5, 5.41) is 7.07. The first-order valence-electron chi connectivity index (χ1n) is 7.82. The monoisotopic (exact) mass is 403 g/mol. The molecule has 0 aliphatic carbocycles. The molecule has 0 radical (unpaired) electrons. The quantitative estimate of drug-likeness (QED) is 0.527. The lowest BCUT2D eigenvalue weighted by Gasteiger charge is -2.07. The molecule has 1 aromatic carbocycles. The van der Waals surface area contributed by atoms with Gasteiger partial charge < -0.3 is 21.1 Å². The molecule has 3 rings (SSSR count). The maximum Gasteiger partial charge on any atom is 0.358 e. The van der Waals surface area contributed by atoms with Crippen molar-refractivity contribution >= 4 is 45.9 Å². The van der Waals surface area contributed by atoms with Gasteiger partial charge in [0, 0.05) is 18.0 Å². The minimum atomic E-state index is -0.708. The molecule has 2 aromatic heterocycles. The summed E-state index contributed by atoms with van der Waals surface area (Å²) in [5.41, 5.74) is 6.24. The van der Waals surface area contributed by atoms with Gasteiger partial charge in [0.1, 0.15) is 5.82 Å². The van der Waals surface area contributed by atoms with E-state index in [2.05, 4.69) is 30.6 Å². The lowest BCUT2D eigenvalue weighted by Crippen LogP contribution is -2.12. The van der Waals surface area contributed by atoms with Crippen molar-refractivity contribution in [2.45, 2.75) is 13.5 Å². The normalized spacial score (nSPS) is 10.4. The van der Waals surface area contributed by atoms with Crippen LogP contribution in [-0.2, 0) is 16.1 Å². The second kappa shape index (κ2) is 8.35. The summed E-state index contributed by atoms with van der Waals surface area (Å²) in [6.07, 6.45) is 0. The number of thiazole rings is 1. The molecule has 2 heterocycles. The second-order valence-electron chi connectivity index (χ2n) is 5.36. The van der Waals surface area contributed by atoms with Crippen LogP contribution in [-0.4, -0.2) is 31.8 Å². The number of nitrogens with two attached hydrogens (primary N) is 1. The molecule has 0 unspecified atom stereocenters. The van der Waals surface area contributed by atoms with Crippen LogP contribution in [0, 0.1) is 5.82 Å². The fraction of sp³-hybridized carbons (Fsp3) is 0.125. The number of rotatable bonds is 6. The van der Waals surface area contributed by atoms with Crippen molar-refractivity contribution in [3.8, 4) is 0 Å². The lowest BCUT2D eigenvalue weighted by molar-refractivity contribution is -0.114. The zero-order valence-electron chi connectivity index (χ0n) is 14.5. The molecule has 0 aliphatic heterocycles. The number of ether oxygens (including phenoxy) is 1. The Hall–Kier alpha value is -3.67. The lowest BCUT2D eigenvalue weighted by atomic mass is 10.3. The Labute approximate surface area is 162 Å². The van der Waals surface area contributed by atoms with Gasteiger partial charge in [0.2, 0.25) is 17.8 Å². The average Bonchev–Trinajstić information content (AvgIpc) is 3.09. The van der Waals surface area contributed by atoms with Crippen LogP contribution in [0.2, 0.25) is 0 Å². The number of nitrogen functional groups attached to an aromatic ring is 1. The van der Waals surface area contributed by atoms with E-state index in [0.29, 0.717) is 5.69 Å². The number of anilines is 4. The number of nitrogens with zero attached hydrogens (tertiary/aromatic N) is 4. The van der Waals surface area contributed by atoms with Gasteiger partial charge in [-0.3, -0.25) is 4.79 Å². The van der Waals surface area contributed by atoms with Crippen LogP contribution in [0.4, 0.5) is 27.1 Å². The predicted octanol–water partition coefficient (Wildman–Crippen LogP) is 2.11. The molecule has 12 heteroatoms. The van der Waals surface area contributed by atoms with Crippen molar-refractivity contribution in [2.24, 2.45) is 0 Å². The van der Waals surface area contributed by atoms with Gasteiger partial charge in [0.05, 0.1) is 0 Å². The first kappa shape index (κ1) is 19.1. The zero-order chi connectivity index (χ0) is 20.1. The minimum Gasteiger partial charge on any atom is -0.453 e. The molecule has 0 saturated heterocycles. The van der Waals surface area contributed by atoms with E-state index in [4.69, 9.17) is 10.5 Å². The number of halogens is 1. The maximum absolute atomic E-state index is 13.0. The number of aromatic nitrogens is 4. The van der Waals surface area contributed by atoms with Gasteiger partial charge in [-0.25, -0.2) is 14.2 Å². The SMILES string of the molecule is CC(=O)Nc1nc(C(=O)OCc2nc(N)nc(Nc3ccc(F)cc3)n2)cs1. The molecule has 144 valence electrons. The smallest absolute Gasteiger partial charge is 0.358 e. The van der Waals surface area contributed by atoms with Gasteiger partial charge in [-0.05, 0) is 24.3 Å². The summed E-state index contributed by atoms with van der Waals surface area (Å²) in [5.74, 6) is -1.23. The molecule has 0 aliphatic rings. The Morgan fingerprint density at radius 1 is 1.18 bits per heavy atom. The summed E-state index contributed by atoms with van der Waals surface area (Å²) in [4.78, 5) is 38.9. The van der Waals surface area contributed by atoms with Crippen LogP contribution in [0.25, 0.3) is 0 Å². The van der Waals surface area contributed by atoms with Crippen LogP contribution < -0.4 is 16.4 Å². The molecule has 1 amide bonds. The van der Waals surface area contributed by atoms with Crippen LogP contribution in [0.5, 0.6) is 0 Å². The van der Waals surface area contributed by atoms with E-state index < -0.39 is 5.97 Å². The van der Waals surface area contributed by atoms with E-state index >= 15 is 0 Å². The molecule has 10 nitrogen and oxygen atoms in total. The van der Waals surface area contributed by atoms with Gasteiger partial charge in [-0.2, -0.15) is 15.0 Å². The summed E-state index contributed by atoms with van der Waals surface area (Å²) in [6.45, 7) is 1.07. The Balaban J connectivity index is 1.64. The number of nitrogens with one attached hydrogen (secondary N) is 2. The van der Waals surface area contributed by atoms with E-state index in [-0.39, 0.29) is 46.9 Å². The predicted molar refractivity (Wildman–Crippen MR) is 99.5 cm³/mol. The number of hydrogen-bond acceptors (Lipinski definition) is 10. The molecular weight excluding hydrogens is 389 g/mol. The molecule has 0 spiro atoms. The van der Waals surface area contributed by atoms with Crippen molar-refractivity contribution in [2.75, 3.05) is 16.4 Å². The Bertz CT molecular complexity index is 1010. The number of carbonyl (C=O) groups is 2. The van der Waals surface area contributed by atoms with Gasteiger partial charge in [-0.15, -0.1) is 11.3 Å². The van der Waals surface area contributed by atoms with Crippen LogP contribution in [0.15, 0.2) is 29.6 Å². The first-order valence-corrected chi connectivity index (χ1v) is 8.70. The molecule has 28 heavy (non-hydrogen) atoms. The highest BCUT2D eigenvalue weighted by Gasteiger charge is 2.14. The fourth-order valence-electron chi connectivity index (χ4n) is 2.00. The third-order valence-electron chi connectivity index (χ3n) is 3.13. The maximum atomic E-state index is 13.0. The van der Waals surface area contributed by atoms with Gasteiger partial charge in [-0.1, -0.05) is 0 Å². The number of hydrogen-bond donors (Lipinski definition) is 3. The summed E-state index contributed by atoms with van der Waals surface area (Å²) in [6, 6.07) is 5.56. The van der Waals surface area contributed by atoms with Crippen molar-refractivity contribution in [1.82, 2.24) is 19.9 Å². The van der Waals surface area contributed by atoms with E-state index in [1.54, 1.807) is 0 Å². The van der Waals surface area contributed by atoms with Crippen LogP contribution in [0.3, 0.4) is 0 Å². The summed E-state index contributed by atoms with van der Waals surface area (Å²) in [7, 11) is 0. The molecular formula is C16H14FN7O3S. The molecule has 0 atom stereocenters. The van der Waals surface area contributed by atoms with E-state index in [9.17, 15) is 14.0 Å². The summed E-state index contributed by atoms with van der Waals surface area (Å²) < 4.78 is 18.1. The van der Waals surface area contributed by atoms with E-state index in [1.165, 1.54) is 36.6 Å².